The Hall–Kier alpha value is -2.90. The number of carboxylic acid groups (broad SMARTS) is 1. The number of hydrogen-bond acceptors (Lipinski definition) is 4. The summed E-state index contributed by atoms with van der Waals surface area (Å²) in [6.45, 7) is 0.544. The number of amides is 4. The highest BCUT2D eigenvalue weighted by atomic mass is 16.4. The summed E-state index contributed by atoms with van der Waals surface area (Å²) in [4.78, 5) is 53.0. The van der Waals surface area contributed by atoms with Gasteiger partial charge in [0.25, 0.3) is 5.91 Å². The Kier molecular flexibility index (Phi) is 5.49. The van der Waals surface area contributed by atoms with Crippen LogP contribution < -0.4 is 5.32 Å². The normalized spacial score (nSPS) is 25.2. The molecule has 0 radical (unpaired) electrons. The van der Waals surface area contributed by atoms with Crippen LogP contribution in [-0.2, 0) is 20.9 Å². The highest BCUT2D eigenvalue weighted by Gasteiger charge is 2.50. The van der Waals surface area contributed by atoms with Gasteiger partial charge in [-0.15, -0.1) is 0 Å². The Balaban J connectivity index is 1.50. The summed E-state index contributed by atoms with van der Waals surface area (Å²) in [5, 5.41) is 12.2. The van der Waals surface area contributed by atoms with Gasteiger partial charge in [-0.1, -0.05) is 43.2 Å². The first kappa shape index (κ1) is 20.4. The summed E-state index contributed by atoms with van der Waals surface area (Å²) in [5.74, 6) is -1.44. The third-order valence-corrected chi connectivity index (χ3v) is 6.69. The SMILES string of the molecule is O=C(O)CC1(CC(=O)N2CC[C@H]3NC(=O)N(Cc4ccccc4)C(=O)[C@H]32)CCCC1. The molecule has 2 heterocycles. The van der Waals surface area contributed by atoms with Gasteiger partial charge < -0.3 is 15.3 Å². The lowest BCUT2D eigenvalue weighted by Crippen LogP contribution is -2.64. The summed E-state index contributed by atoms with van der Waals surface area (Å²) >= 11 is 0. The number of imide groups is 1. The van der Waals surface area contributed by atoms with Gasteiger partial charge in [0.05, 0.1) is 19.0 Å². The fraction of sp³-hybridized carbons (Fsp3) is 0.545. The lowest BCUT2D eigenvalue weighted by Gasteiger charge is -2.38. The molecule has 160 valence electrons. The van der Waals surface area contributed by atoms with E-state index in [0.717, 1.165) is 31.2 Å². The van der Waals surface area contributed by atoms with E-state index >= 15 is 0 Å². The zero-order chi connectivity index (χ0) is 21.3. The van der Waals surface area contributed by atoms with Gasteiger partial charge in [0, 0.05) is 13.0 Å². The number of hydrogen-bond donors (Lipinski definition) is 2. The number of carboxylic acids is 1. The molecule has 0 aromatic heterocycles. The molecule has 2 N–H and O–H groups in total. The molecule has 1 saturated carbocycles. The quantitative estimate of drug-likeness (QED) is 0.743. The smallest absolute Gasteiger partial charge is 0.324 e. The van der Waals surface area contributed by atoms with E-state index in [1.807, 2.05) is 30.3 Å². The molecule has 0 unspecified atom stereocenters. The topological polar surface area (TPSA) is 107 Å². The number of fused-ring (bicyclic) bond motifs is 1. The molecule has 8 heteroatoms. The Labute approximate surface area is 175 Å². The van der Waals surface area contributed by atoms with E-state index in [0.29, 0.717) is 13.0 Å². The minimum Gasteiger partial charge on any atom is -0.481 e. The zero-order valence-electron chi connectivity index (χ0n) is 16.9. The maximum absolute atomic E-state index is 13.2. The van der Waals surface area contributed by atoms with Gasteiger partial charge in [-0.05, 0) is 30.2 Å². The van der Waals surface area contributed by atoms with Gasteiger partial charge in [0.1, 0.15) is 6.04 Å². The van der Waals surface area contributed by atoms with Crippen LogP contribution in [0.25, 0.3) is 0 Å². The van der Waals surface area contributed by atoms with Gasteiger partial charge in [0.2, 0.25) is 5.91 Å². The largest absolute Gasteiger partial charge is 0.481 e. The Morgan fingerprint density at radius 2 is 1.80 bits per heavy atom. The minimum absolute atomic E-state index is 0.0223. The molecule has 0 spiro atoms. The van der Waals surface area contributed by atoms with Gasteiger partial charge in [-0.25, -0.2) is 4.79 Å². The van der Waals surface area contributed by atoms with Gasteiger partial charge in [-0.3, -0.25) is 19.3 Å². The van der Waals surface area contributed by atoms with Crippen molar-refractivity contribution in [2.75, 3.05) is 6.54 Å². The van der Waals surface area contributed by atoms with E-state index in [2.05, 4.69) is 5.32 Å². The second-order valence-electron chi connectivity index (χ2n) is 8.74. The van der Waals surface area contributed by atoms with Crippen LogP contribution >= 0.6 is 0 Å². The van der Waals surface area contributed by atoms with Crippen molar-refractivity contribution in [2.24, 2.45) is 5.41 Å². The van der Waals surface area contributed by atoms with Crippen molar-refractivity contribution in [1.82, 2.24) is 15.1 Å². The average Bonchev–Trinajstić information content (AvgIpc) is 3.32. The Bertz CT molecular complexity index is 850. The van der Waals surface area contributed by atoms with Crippen molar-refractivity contribution in [3.05, 3.63) is 35.9 Å². The fourth-order valence-electron chi connectivity index (χ4n) is 5.22. The molecular weight excluding hydrogens is 386 g/mol. The van der Waals surface area contributed by atoms with Crippen LogP contribution in [-0.4, -0.2) is 57.3 Å². The number of nitrogens with one attached hydrogen (secondary N) is 1. The summed E-state index contributed by atoms with van der Waals surface area (Å²) < 4.78 is 0. The molecule has 2 aliphatic heterocycles. The molecule has 4 amide bonds. The standard InChI is InChI=1S/C22H27N3O5/c26-17(12-22(13-18(27)28)9-4-5-10-22)24-11-8-16-19(24)20(29)25(21(30)23-16)14-15-6-2-1-3-7-15/h1-3,6-7,16,19H,4-5,8-14H2,(H,23,30)(H,27,28)/t16-,19+/m1/s1. The monoisotopic (exact) mass is 413 g/mol. The molecule has 0 bridgehead atoms. The van der Waals surface area contributed by atoms with Crippen LogP contribution in [0.4, 0.5) is 4.79 Å². The molecular formula is C22H27N3O5. The second-order valence-corrected chi connectivity index (χ2v) is 8.74. The first-order chi connectivity index (χ1) is 14.4. The van der Waals surface area contributed by atoms with Gasteiger partial charge in [0.15, 0.2) is 0 Å². The summed E-state index contributed by atoms with van der Waals surface area (Å²) in [6.07, 6.45) is 3.93. The fourth-order valence-corrected chi connectivity index (χ4v) is 5.22. The predicted octanol–water partition coefficient (Wildman–Crippen LogP) is 2.13. The molecule has 2 saturated heterocycles. The number of likely N-dealkylation sites (tertiary alicyclic amines) is 1. The van der Waals surface area contributed by atoms with E-state index in [9.17, 15) is 24.3 Å². The third kappa shape index (κ3) is 3.91. The second kappa shape index (κ2) is 8.08. The molecule has 30 heavy (non-hydrogen) atoms. The van der Waals surface area contributed by atoms with Crippen molar-refractivity contribution >= 4 is 23.8 Å². The molecule has 3 fully saturated rings. The molecule has 2 atom stereocenters. The molecule has 4 rings (SSSR count). The maximum Gasteiger partial charge on any atom is 0.324 e. The summed E-state index contributed by atoms with van der Waals surface area (Å²) in [6, 6.07) is 7.71. The lowest BCUT2D eigenvalue weighted by atomic mass is 9.79. The molecule has 3 aliphatic rings. The maximum atomic E-state index is 13.2. The lowest BCUT2D eigenvalue weighted by molar-refractivity contribution is -0.147. The van der Waals surface area contributed by atoms with Gasteiger partial charge >= 0.3 is 12.0 Å². The van der Waals surface area contributed by atoms with Crippen molar-refractivity contribution in [2.45, 2.75) is 63.6 Å². The number of rotatable bonds is 6. The van der Waals surface area contributed by atoms with Crippen LogP contribution in [0.2, 0.25) is 0 Å². The van der Waals surface area contributed by atoms with Crippen LogP contribution in [0.15, 0.2) is 30.3 Å². The van der Waals surface area contributed by atoms with E-state index in [4.69, 9.17) is 0 Å². The number of nitrogens with zero attached hydrogens (tertiary/aromatic N) is 2. The highest BCUT2D eigenvalue weighted by Crippen LogP contribution is 2.45. The number of urea groups is 1. The first-order valence-electron chi connectivity index (χ1n) is 10.6. The number of carbonyl (C=O) groups is 4. The summed E-state index contributed by atoms with van der Waals surface area (Å²) in [7, 11) is 0. The minimum atomic E-state index is -0.890. The summed E-state index contributed by atoms with van der Waals surface area (Å²) in [5.41, 5.74) is 0.313. The van der Waals surface area contributed by atoms with Crippen LogP contribution in [0.1, 0.15) is 50.5 Å². The van der Waals surface area contributed by atoms with Gasteiger partial charge in [-0.2, -0.15) is 0 Å². The van der Waals surface area contributed by atoms with Crippen LogP contribution in [0, 0.1) is 5.41 Å². The molecule has 1 aromatic carbocycles. The van der Waals surface area contributed by atoms with Crippen LogP contribution in [0.5, 0.6) is 0 Å². The van der Waals surface area contributed by atoms with Crippen molar-refractivity contribution in [3.63, 3.8) is 0 Å². The molecule has 1 aromatic rings. The van der Waals surface area contributed by atoms with E-state index in [-0.39, 0.29) is 37.2 Å². The van der Waals surface area contributed by atoms with Crippen LogP contribution in [0.3, 0.4) is 0 Å². The third-order valence-electron chi connectivity index (χ3n) is 6.69. The van der Waals surface area contributed by atoms with Crippen molar-refractivity contribution in [3.8, 4) is 0 Å². The molecule has 1 aliphatic carbocycles. The predicted molar refractivity (Wildman–Crippen MR) is 107 cm³/mol. The Morgan fingerprint density at radius 1 is 1.10 bits per heavy atom. The van der Waals surface area contributed by atoms with Crippen molar-refractivity contribution in [1.29, 1.82) is 0 Å². The van der Waals surface area contributed by atoms with Crippen molar-refractivity contribution < 1.29 is 24.3 Å². The average molecular weight is 413 g/mol. The number of aliphatic carboxylic acids is 1. The number of carbonyl (C=O) groups excluding carboxylic acids is 3. The Morgan fingerprint density at radius 3 is 2.47 bits per heavy atom. The zero-order valence-corrected chi connectivity index (χ0v) is 16.9. The first-order valence-corrected chi connectivity index (χ1v) is 10.6. The number of benzene rings is 1. The highest BCUT2D eigenvalue weighted by molar-refractivity contribution is 6.02. The van der Waals surface area contributed by atoms with E-state index < -0.39 is 23.5 Å². The molecule has 8 nitrogen and oxygen atoms in total. The van der Waals surface area contributed by atoms with E-state index in [1.165, 1.54) is 4.90 Å². The van der Waals surface area contributed by atoms with E-state index in [1.54, 1.807) is 4.90 Å².